The van der Waals surface area contributed by atoms with Gasteiger partial charge in [-0.2, -0.15) is 10.2 Å². The van der Waals surface area contributed by atoms with Crippen molar-refractivity contribution in [2.45, 2.75) is 66.4 Å². The van der Waals surface area contributed by atoms with E-state index in [1.807, 2.05) is 0 Å². The van der Waals surface area contributed by atoms with Crippen LogP contribution in [0.25, 0.3) is 0 Å². The van der Waals surface area contributed by atoms with Crippen LogP contribution < -0.4 is 4.72 Å². The predicted molar refractivity (Wildman–Crippen MR) is 122 cm³/mol. The molecule has 27 heavy (non-hydrogen) atoms. The van der Waals surface area contributed by atoms with Crippen molar-refractivity contribution >= 4 is 22.0 Å². The molecule has 1 N–H and O–H groups in total. The third kappa shape index (κ3) is 3.18. The number of rotatable bonds is 3. The van der Waals surface area contributed by atoms with Gasteiger partial charge in [0.1, 0.15) is 0 Å². The van der Waals surface area contributed by atoms with Gasteiger partial charge in [-0.1, -0.05) is 47.5 Å². The van der Waals surface area contributed by atoms with E-state index in [9.17, 15) is 0 Å². The lowest BCUT2D eigenvalue weighted by atomic mass is 9.93. The molecule has 0 saturated carbocycles. The molecule has 4 rings (SSSR count). The number of hydrogen-bond donors (Lipinski definition) is 1. The average molecular weight is 398 g/mol. The van der Waals surface area contributed by atoms with E-state index in [2.05, 4.69) is 112 Å². The molecule has 4 atom stereocenters. The molecule has 0 radical (unpaired) electrons. The molecule has 0 amide bonds. The summed E-state index contributed by atoms with van der Waals surface area (Å²) in [6.45, 7) is 11.7. The number of hydrogen-bond acceptors (Lipinski definition) is 2. The summed E-state index contributed by atoms with van der Waals surface area (Å²) in [5.74, 6) is 0.563. The van der Waals surface area contributed by atoms with E-state index in [1.165, 1.54) is 15.4 Å². The van der Waals surface area contributed by atoms with Crippen molar-refractivity contribution in [1.82, 2.24) is 4.72 Å². The van der Waals surface area contributed by atoms with Crippen molar-refractivity contribution in [3.05, 3.63) is 71.3 Å². The van der Waals surface area contributed by atoms with Gasteiger partial charge in [0.15, 0.2) is 0 Å². The Morgan fingerprint density at radius 2 is 1.52 bits per heavy atom. The van der Waals surface area contributed by atoms with Gasteiger partial charge in [0.05, 0.1) is 0 Å². The minimum Gasteiger partial charge on any atom is -0.271 e. The summed E-state index contributed by atoms with van der Waals surface area (Å²) < 4.78 is 4.12. The maximum Gasteiger partial charge on any atom is 0.0384 e. The van der Waals surface area contributed by atoms with Crippen LogP contribution in [0.2, 0.25) is 0 Å². The van der Waals surface area contributed by atoms with Crippen LogP contribution in [0.5, 0.6) is 0 Å². The Kier molecular flexibility index (Phi) is 4.77. The predicted octanol–water partition coefficient (Wildman–Crippen LogP) is 6.76. The summed E-state index contributed by atoms with van der Waals surface area (Å²) in [5.41, 5.74) is 4.80. The molecule has 2 aromatic rings. The van der Waals surface area contributed by atoms with Crippen molar-refractivity contribution in [2.24, 2.45) is 0 Å². The van der Waals surface area contributed by atoms with E-state index in [0.29, 0.717) is 16.4 Å². The fourth-order valence-electron chi connectivity index (χ4n) is 4.90. The third-order valence-electron chi connectivity index (χ3n) is 5.92. The SMILES string of the molecule is CC1=C(C)C(S(C)(NC(C)(C)C)c2ccccc2)C2Sc3ccccc3C12. The van der Waals surface area contributed by atoms with Gasteiger partial charge in [-0.25, -0.2) is 0 Å². The Morgan fingerprint density at radius 1 is 0.889 bits per heavy atom. The Labute approximate surface area is 170 Å². The fourth-order valence-corrected chi connectivity index (χ4v) is 11.4. The standard InChI is InChI=1S/C24H31NS2/c1-16-17(2)23(22-21(16)19-14-10-11-15-20(19)26-22)27(6,25-24(3,4)5)18-12-8-7-9-13-18/h7-15,21-23,25H,1-6H3. The highest BCUT2D eigenvalue weighted by Crippen LogP contribution is 2.67. The van der Waals surface area contributed by atoms with E-state index in [1.54, 1.807) is 11.1 Å². The molecule has 0 saturated heterocycles. The van der Waals surface area contributed by atoms with Crippen LogP contribution >= 0.6 is 22.0 Å². The van der Waals surface area contributed by atoms with E-state index in [-0.39, 0.29) is 5.54 Å². The molecule has 0 aromatic heterocycles. The first-order valence-electron chi connectivity index (χ1n) is 9.76. The second kappa shape index (κ2) is 6.72. The monoisotopic (exact) mass is 397 g/mol. The molecule has 1 nitrogen and oxygen atoms in total. The lowest BCUT2D eigenvalue weighted by Crippen LogP contribution is -2.44. The maximum absolute atomic E-state index is 4.12. The van der Waals surface area contributed by atoms with Gasteiger partial charge in [-0.15, -0.1) is 11.8 Å². The second-order valence-corrected chi connectivity index (χ2v) is 13.4. The summed E-state index contributed by atoms with van der Waals surface area (Å²) in [6, 6.07) is 20.2. The quantitative estimate of drug-likeness (QED) is 0.574. The van der Waals surface area contributed by atoms with Crippen LogP contribution in [0.4, 0.5) is 0 Å². The zero-order chi connectivity index (χ0) is 19.4. The molecule has 0 bridgehead atoms. The van der Waals surface area contributed by atoms with Crippen LogP contribution in [0.15, 0.2) is 75.5 Å². The summed E-state index contributed by atoms with van der Waals surface area (Å²) in [4.78, 5) is 2.95. The lowest BCUT2D eigenvalue weighted by molar-refractivity contribution is 0.527. The number of benzene rings is 2. The molecular formula is C24H31NS2. The van der Waals surface area contributed by atoms with Crippen molar-refractivity contribution in [2.75, 3.05) is 6.26 Å². The number of allylic oxidation sites excluding steroid dienone is 1. The molecular weight excluding hydrogens is 366 g/mol. The molecule has 2 aromatic carbocycles. The molecule has 1 heterocycles. The lowest BCUT2D eigenvalue weighted by Gasteiger charge is -2.50. The van der Waals surface area contributed by atoms with Crippen LogP contribution in [0.1, 0.15) is 46.1 Å². The minimum absolute atomic E-state index is 0.0717. The largest absolute Gasteiger partial charge is 0.271 e. The third-order valence-corrected chi connectivity index (χ3v) is 11.5. The summed E-state index contributed by atoms with van der Waals surface area (Å²) in [7, 11) is -1.24. The highest BCUT2D eigenvalue weighted by molar-refractivity contribution is 8.32. The molecule has 4 unspecified atom stereocenters. The van der Waals surface area contributed by atoms with Crippen LogP contribution in [-0.2, 0) is 0 Å². The van der Waals surface area contributed by atoms with Gasteiger partial charge in [0, 0.05) is 31.7 Å². The zero-order valence-corrected chi connectivity index (χ0v) is 18.9. The van der Waals surface area contributed by atoms with Crippen molar-refractivity contribution < 1.29 is 0 Å². The van der Waals surface area contributed by atoms with E-state index in [4.69, 9.17) is 0 Å². The van der Waals surface area contributed by atoms with Crippen LogP contribution in [-0.4, -0.2) is 22.3 Å². The van der Waals surface area contributed by atoms with Crippen LogP contribution in [0, 0.1) is 0 Å². The normalized spacial score (nSPS) is 27.9. The van der Waals surface area contributed by atoms with Crippen molar-refractivity contribution in [3.8, 4) is 0 Å². The van der Waals surface area contributed by atoms with Gasteiger partial charge in [0.2, 0.25) is 0 Å². The summed E-state index contributed by atoms with van der Waals surface area (Å²) in [6.07, 6.45) is 2.50. The zero-order valence-electron chi connectivity index (χ0n) is 17.2. The first kappa shape index (κ1) is 19.2. The fraction of sp³-hybridized carbons (Fsp3) is 0.417. The molecule has 0 fully saturated rings. The molecule has 1 aliphatic carbocycles. The highest BCUT2D eigenvalue weighted by Gasteiger charge is 2.51. The number of nitrogens with one attached hydrogen (secondary N) is 1. The first-order chi connectivity index (χ1) is 12.7. The topological polar surface area (TPSA) is 12.0 Å². The van der Waals surface area contributed by atoms with Gasteiger partial charge in [0.25, 0.3) is 0 Å². The highest BCUT2D eigenvalue weighted by atomic mass is 32.3. The van der Waals surface area contributed by atoms with Crippen molar-refractivity contribution in [1.29, 1.82) is 0 Å². The second-order valence-electron chi connectivity index (χ2n) is 9.03. The van der Waals surface area contributed by atoms with Crippen LogP contribution in [0.3, 0.4) is 0 Å². The minimum atomic E-state index is -1.24. The first-order valence-corrected chi connectivity index (χ1v) is 12.7. The average Bonchev–Trinajstić information content (AvgIpc) is 3.09. The molecule has 1 aliphatic heterocycles. The van der Waals surface area contributed by atoms with E-state index in [0.717, 1.165) is 0 Å². The summed E-state index contributed by atoms with van der Waals surface area (Å²) >= 11 is 2.11. The summed E-state index contributed by atoms with van der Waals surface area (Å²) in [5, 5.41) is 1.14. The molecule has 144 valence electrons. The Bertz CT molecular complexity index is 881. The Hall–Kier alpha value is -1.16. The Balaban J connectivity index is 1.84. The van der Waals surface area contributed by atoms with Gasteiger partial charge in [-0.05, 0) is 64.6 Å². The number of thioether (sulfide) groups is 1. The van der Waals surface area contributed by atoms with Gasteiger partial charge < -0.3 is 0 Å². The smallest absolute Gasteiger partial charge is 0.0384 e. The number of fused-ring (bicyclic) bond motifs is 3. The van der Waals surface area contributed by atoms with E-state index >= 15 is 0 Å². The molecule has 2 aliphatic rings. The Morgan fingerprint density at radius 3 is 2.19 bits per heavy atom. The van der Waals surface area contributed by atoms with Gasteiger partial charge >= 0.3 is 0 Å². The molecule has 0 spiro atoms. The molecule has 3 heteroatoms. The van der Waals surface area contributed by atoms with Crippen molar-refractivity contribution in [3.63, 3.8) is 0 Å². The van der Waals surface area contributed by atoms with E-state index < -0.39 is 10.2 Å². The maximum atomic E-state index is 4.12. The van der Waals surface area contributed by atoms with Gasteiger partial charge in [-0.3, -0.25) is 4.72 Å².